The Hall–Kier alpha value is -2.81. The molecule has 7 nitrogen and oxygen atoms in total. The number of thiophene rings is 1. The second kappa shape index (κ2) is 8.03. The fraction of sp³-hybridized carbons (Fsp3) is 0.348. The molecule has 0 bridgehead atoms. The Labute approximate surface area is 185 Å². The van der Waals surface area contributed by atoms with Crippen LogP contribution in [0.4, 0.5) is 5.82 Å². The molecule has 0 amide bonds. The lowest BCUT2D eigenvalue weighted by molar-refractivity contribution is -0.0467. The first kappa shape index (κ1) is 20.1. The number of fused-ring (bicyclic) bond motifs is 1. The topological polar surface area (TPSA) is 65.3 Å². The number of benzene rings is 1. The number of aryl methyl sites for hydroxylation is 1. The van der Waals surface area contributed by atoms with Crippen LogP contribution in [-0.4, -0.2) is 46.6 Å². The zero-order valence-electron chi connectivity index (χ0n) is 17.9. The average molecular weight is 436 g/mol. The number of morpholine rings is 1. The van der Waals surface area contributed by atoms with E-state index < -0.39 is 5.60 Å². The smallest absolute Gasteiger partial charge is 0.158 e. The van der Waals surface area contributed by atoms with Crippen LogP contribution in [0.25, 0.3) is 21.3 Å². The Morgan fingerprint density at radius 3 is 2.81 bits per heavy atom. The Balaban J connectivity index is 1.63. The molecule has 3 aromatic heterocycles. The van der Waals surface area contributed by atoms with Crippen molar-refractivity contribution in [1.82, 2.24) is 19.7 Å². The molecule has 0 aliphatic carbocycles. The van der Waals surface area contributed by atoms with E-state index in [-0.39, 0.29) is 0 Å². The SMILES string of the molecule is COCc1nc(N2CCOC(C)(c3cnn(C)c3)C2)c2c(-c3ccccc3)csc2n1. The van der Waals surface area contributed by atoms with Gasteiger partial charge in [-0.2, -0.15) is 5.10 Å². The van der Waals surface area contributed by atoms with Crippen molar-refractivity contribution >= 4 is 27.4 Å². The largest absolute Gasteiger partial charge is 0.377 e. The van der Waals surface area contributed by atoms with Crippen LogP contribution in [0.2, 0.25) is 0 Å². The summed E-state index contributed by atoms with van der Waals surface area (Å²) in [6, 6.07) is 10.4. The van der Waals surface area contributed by atoms with E-state index in [2.05, 4.69) is 46.6 Å². The second-order valence-electron chi connectivity index (χ2n) is 8.00. The molecule has 160 valence electrons. The Morgan fingerprint density at radius 1 is 1.23 bits per heavy atom. The summed E-state index contributed by atoms with van der Waals surface area (Å²) >= 11 is 1.65. The first-order valence-corrected chi connectivity index (χ1v) is 11.2. The normalized spacial score (nSPS) is 19.3. The van der Waals surface area contributed by atoms with Crippen molar-refractivity contribution in [2.24, 2.45) is 7.05 Å². The zero-order chi connectivity index (χ0) is 21.4. The highest BCUT2D eigenvalue weighted by Gasteiger charge is 2.36. The summed E-state index contributed by atoms with van der Waals surface area (Å²) in [5, 5.41) is 7.61. The molecule has 0 spiro atoms. The van der Waals surface area contributed by atoms with E-state index in [9.17, 15) is 0 Å². The van der Waals surface area contributed by atoms with Gasteiger partial charge in [-0.1, -0.05) is 30.3 Å². The minimum atomic E-state index is -0.464. The van der Waals surface area contributed by atoms with Gasteiger partial charge in [-0.05, 0) is 12.5 Å². The summed E-state index contributed by atoms with van der Waals surface area (Å²) in [6.07, 6.45) is 3.91. The molecule has 1 saturated heterocycles. The van der Waals surface area contributed by atoms with Crippen molar-refractivity contribution in [2.45, 2.75) is 19.1 Å². The molecule has 1 fully saturated rings. The third-order valence-electron chi connectivity index (χ3n) is 5.71. The van der Waals surface area contributed by atoms with Gasteiger partial charge >= 0.3 is 0 Å². The molecule has 4 aromatic rings. The third kappa shape index (κ3) is 3.71. The van der Waals surface area contributed by atoms with Crippen LogP contribution >= 0.6 is 11.3 Å². The second-order valence-corrected chi connectivity index (χ2v) is 8.85. The number of anilines is 1. The van der Waals surface area contributed by atoms with E-state index in [0.717, 1.165) is 33.7 Å². The van der Waals surface area contributed by atoms with Crippen LogP contribution in [-0.2, 0) is 28.7 Å². The van der Waals surface area contributed by atoms with Crippen LogP contribution in [0.3, 0.4) is 0 Å². The van der Waals surface area contributed by atoms with E-state index in [0.29, 0.717) is 25.6 Å². The number of hydrogen-bond donors (Lipinski definition) is 0. The summed E-state index contributed by atoms with van der Waals surface area (Å²) in [6.45, 7) is 4.56. The fourth-order valence-corrected chi connectivity index (χ4v) is 5.10. The van der Waals surface area contributed by atoms with Crippen molar-refractivity contribution in [3.63, 3.8) is 0 Å². The highest BCUT2D eigenvalue weighted by molar-refractivity contribution is 7.17. The molecule has 1 aromatic carbocycles. The molecule has 1 aliphatic rings. The maximum absolute atomic E-state index is 6.24. The zero-order valence-corrected chi connectivity index (χ0v) is 18.7. The molecule has 0 radical (unpaired) electrons. The number of ether oxygens (including phenoxy) is 2. The van der Waals surface area contributed by atoms with Gasteiger partial charge in [0, 0.05) is 43.4 Å². The van der Waals surface area contributed by atoms with Gasteiger partial charge in [0.2, 0.25) is 0 Å². The van der Waals surface area contributed by atoms with Crippen molar-refractivity contribution in [3.05, 3.63) is 59.5 Å². The summed E-state index contributed by atoms with van der Waals surface area (Å²) in [4.78, 5) is 13.0. The van der Waals surface area contributed by atoms with Crippen molar-refractivity contribution in [1.29, 1.82) is 0 Å². The van der Waals surface area contributed by atoms with Gasteiger partial charge in [0.25, 0.3) is 0 Å². The number of rotatable bonds is 5. The summed E-state index contributed by atoms with van der Waals surface area (Å²) < 4.78 is 13.4. The Kier molecular flexibility index (Phi) is 5.21. The first-order chi connectivity index (χ1) is 15.1. The molecule has 8 heteroatoms. The fourth-order valence-electron chi connectivity index (χ4n) is 4.14. The van der Waals surface area contributed by atoms with Gasteiger partial charge in [0.05, 0.1) is 24.7 Å². The number of hydrogen-bond acceptors (Lipinski definition) is 7. The van der Waals surface area contributed by atoms with Gasteiger partial charge in [0.15, 0.2) is 5.82 Å². The minimum absolute atomic E-state index is 0.381. The van der Waals surface area contributed by atoms with Crippen LogP contribution in [0.1, 0.15) is 18.3 Å². The van der Waals surface area contributed by atoms with Gasteiger partial charge in [-0.3, -0.25) is 4.68 Å². The number of methoxy groups -OCH3 is 1. The van der Waals surface area contributed by atoms with Crippen LogP contribution < -0.4 is 4.90 Å². The standard InChI is InChI=1S/C23H25N5O2S/c1-23(17-11-24-27(2)12-17)15-28(9-10-30-23)21-20-18(16-7-5-4-6-8-16)14-31-22(20)26-19(25-21)13-29-3/h4-8,11-12,14H,9-10,13,15H2,1-3H3. The molecule has 1 atom stereocenters. The molecular formula is C23H25N5O2S. The molecule has 5 rings (SSSR count). The maximum atomic E-state index is 6.24. The predicted molar refractivity (Wildman–Crippen MR) is 122 cm³/mol. The Bertz CT molecular complexity index is 1210. The predicted octanol–water partition coefficient (Wildman–Crippen LogP) is 3.99. The van der Waals surface area contributed by atoms with Crippen LogP contribution in [0.5, 0.6) is 0 Å². The lowest BCUT2D eigenvalue weighted by Gasteiger charge is -2.41. The summed E-state index contributed by atoms with van der Waals surface area (Å²) in [7, 11) is 3.60. The highest BCUT2D eigenvalue weighted by atomic mass is 32.1. The van der Waals surface area contributed by atoms with E-state index >= 15 is 0 Å². The number of aromatic nitrogens is 4. The van der Waals surface area contributed by atoms with Crippen molar-refractivity contribution < 1.29 is 9.47 Å². The lowest BCUT2D eigenvalue weighted by Crippen LogP contribution is -2.48. The van der Waals surface area contributed by atoms with Gasteiger partial charge in [-0.15, -0.1) is 11.3 Å². The number of nitrogens with zero attached hydrogens (tertiary/aromatic N) is 5. The molecule has 0 saturated carbocycles. The van der Waals surface area contributed by atoms with E-state index in [1.54, 1.807) is 18.4 Å². The van der Waals surface area contributed by atoms with E-state index in [4.69, 9.17) is 19.4 Å². The molecule has 1 aliphatic heterocycles. The van der Waals surface area contributed by atoms with Gasteiger partial charge in [-0.25, -0.2) is 9.97 Å². The summed E-state index contributed by atoms with van der Waals surface area (Å²) in [5.41, 5.74) is 2.93. The molecular weight excluding hydrogens is 410 g/mol. The van der Waals surface area contributed by atoms with E-state index in [1.165, 1.54) is 5.56 Å². The maximum Gasteiger partial charge on any atom is 0.158 e. The highest BCUT2D eigenvalue weighted by Crippen LogP contribution is 2.40. The van der Waals surface area contributed by atoms with Crippen LogP contribution in [0.15, 0.2) is 48.1 Å². The van der Waals surface area contributed by atoms with Gasteiger partial charge < -0.3 is 14.4 Å². The van der Waals surface area contributed by atoms with Crippen LogP contribution in [0, 0.1) is 0 Å². The lowest BCUT2D eigenvalue weighted by atomic mass is 9.96. The van der Waals surface area contributed by atoms with Crippen molar-refractivity contribution in [3.8, 4) is 11.1 Å². The monoisotopic (exact) mass is 435 g/mol. The quantitative estimate of drug-likeness (QED) is 0.472. The van der Waals surface area contributed by atoms with Crippen molar-refractivity contribution in [2.75, 3.05) is 31.7 Å². The average Bonchev–Trinajstić information content (AvgIpc) is 3.41. The van der Waals surface area contributed by atoms with Gasteiger partial charge in [0.1, 0.15) is 22.9 Å². The third-order valence-corrected chi connectivity index (χ3v) is 6.58. The summed E-state index contributed by atoms with van der Waals surface area (Å²) in [5.74, 6) is 1.64. The first-order valence-electron chi connectivity index (χ1n) is 10.3. The molecule has 0 N–H and O–H groups in total. The molecule has 31 heavy (non-hydrogen) atoms. The van der Waals surface area contributed by atoms with E-state index in [1.807, 2.05) is 30.2 Å². The minimum Gasteiger partial charge on any atom is -0.377 e. The molecule has 1 unspecified atom stereocenters. The molecule has 4 heterocycles. The Morgan fingerprint density at radius 2 is 2.06 bits per heavy atom.